The van der Waals surface area contributed by atoms with Crippen LogP contribution in [0, 0.1) is 17.8 Å². The lowest BCUT2D eigenvalue weighted by atomic mass is 9.98. The molecule has 0 unspecified atom stereocenters. The zero-order valence-electron chi connectivity index (χ0n) is 10.9. The van der Waals surface area contributed by atoms with Crippen molar-refractivity contribution in [1.82, 2.24) is 5.32 Å². The molecule has 0 saturated heterocycles. The van der Waals surface area contributed by atoms with Crippen LogP contribution < -0.4 is 11.1 Å². The second-order valence-corrected chi connectivity index (χ2v) is 6.64. The fourth-order valence-electron chi connectivity index (χ4n) is 2.76. The lowest BCUT2D eigenvalue weighted by molar-refractivity contribution is 0.0943. The number of carbonyl (C=O) groups excluding carboxylic acids is 1. The summed E-state index contributed by atoms with van der Waals surface area (Å²) >= 11 is 3.34. The number of rotatable bonds is 5. The molecule has 1 aromatic carbocycles. The Hall–Kier alpha value is -1.03. The molecule has 3 N–H and O–H groups in total. The summed E-state index contributed by atoms with van der Waals surface area (Å²) in [4.78, 5) is 12.1. The monoisotopic (exact) mass is 322 g/mol. The number of benzene rings is 1. The first-order valence-corrected chi connectivity index (χ1v) is 7.77. The second-order valence-electron chi connectivity index (χ2n) is 5.79. The molecule has 2 aliphatic rings. The smallest absolute Gasteiger partial charge is 0.251 e. The molecule has 3 rings (SSSR count). The van der Waals surface area contributed by atoms with Crippen LogP contribution in [0.4, 0.5) is 5.69 Å². The largest absolute Gasteiger partial charge is 0.398 e. The minimum absolute atomic E-state index is 0.00880. The van der Waals surface area contributed by atoms with Gasteiger partial charge in [-0.1, -0.05) is 0 Å². The van der Waals surface area contributed by atoms with E-state index in [-0.39, 0.29) is 5.91 Å². The lowest BCUT2D eigenvalue weighted by Crippen LogP contribution is -2.31. The van der Waals surface area contributed by atoms with Gasteiger partial charge in [0.2, 0.25) is 0 Å². The van der Waals surface area contributed by atoms with Gasteiger partial charge in [-0.2, -0.15) is 0 Å². The molecule has 102 valence electrons. The fourth-order valence-corrected chi connectivity index (χ4v) is 3.01. The van der Waals surface area contributed by atoms with E-state index in [0.717, 1.165) is 22.9 Å². The number of nitrogens with one attached hydrogen (secondary N) is 1. The van der Waals surface area contributed by atoms with Crippen molar-refractivity contribution in [3.8, 4) is 0 Å². The minimum Gasteiger partial charge on any atom is -0.398 e. The quantitative estimate of drug-likeness (QED) is 0.818. The second kappa shape index (κ2) is 5.16. The third-order valence-electron chi connectivity index (χ3n) is 4.21. The molecule has 0 heterocycles. The molecular weight excluding hydrogens is 304 g/mol. The number of anilines is 1. The van der Waals surface area contributed by atoms with Crippen LogP contribution in [0.25, 0.3) is 0 Å². The molecule has 0 aliphatic heterocycles. The van der Waals surface area contributed by atoms with E-state index in [0.29, 0.717) is 17.2 Å². The SMILES string of the molecule is Nc1cc(C(=O)NCC(C2CC2)C2CC2)ccc1Br. The predicted molar refractivity (Wildman–Crippen MR) is 79.8 cm³/mol. The summed E-state index contributed by atoms with van der Waals surface area (Å²) in [6.45, 7) is 0.824. The number of hydrogen-bond donors (Lipinski definition) is 2. The van der Waals surface area contributed by atoms with Crippen LogP contribution >= 0.6 is 15.9 Å². The van der Waals surface area contributed by atoms with Gasteiger partial charge in [-0.25, -0.2) is 0 Å². The summed E-state index contributed by atoms with van der Waals surface area (Å²) in [6, 6.07) is 5.35. The van der Waals surface area contributed by atoms with Crippen molar-refractivity contribution in [3.63, 3.8) is 0 Å². The Morgan fingerprint density at radius 2 is 1.95 bits per heavy atom. The molecule has 19 heavy (non-hydrogen) atoms. The molecule has 3 nitrogen and oxygen atoms in total. The molecule has 0 atom stereocenters. The van der Waals surface area contributed by atoms with Gasteiger partial charge in [0.25, 0.3) is 5.91 Å². The van der Waals surface area contributed by atoms with Crippen LogP contribution in [0.1, 0.15) is 36.0 Å². The zero-order chi connectivity index (χ0) is 13.4. The van der Waals surface area contributed by atoms with E-state index in [9.17, 15) is 4.79 Å². The molecule has 2 saturated carbocycles. The van der Waals surface area contributed by atoms with Gasteiger partial charge in [-0.3, -0.25) is 4.79 Å². The minimum atomic E-state index is -0.00880. The van der Waals surface area contributed by atoms with Crippen LogP contribution in [0.5, 0.6) is 0 Å². The van der Waals surface area contributed by atoms with Crippen molar-refractivity contribution in [2.24, 2.45) is 17.8 Å². The Morgan fingerprint density at radius 1 is 1.32 bits per heavy atom. The maximum Gasteiger partial charge on any atom is 0.251 e. The number of nitrogens with two attached hydrogens (primary N) is 1. The van der Waals surface area contributed by atoms with Gasteiger partial charge in [-0.15, -0.1) is 0 Å². The highest BCUT2D eigenvalue weighted by molar-refractivity contribution is 9.10. The molecule has 4 heteroatoms. The third kappa shape index (κ3) is 3.11. The van der Waals surface area contributed by atoms with Crippen LogP contribution in [0.15, 0.2) is 22.7 Å². The highest BCUT2D eigenvalue weighted by atomic mass is 79.9. The van der Waals surface area contributed by atoms with Crippen LogP contribution in [0.2, 0.25) is 0 Å². The van der Waals surface area contributed by atoms with Crippen molar-refractivity contribution in [2.45, 2.75) is 25.7 Å². The normalized spacial score (nSPS) is 18.6. The van der Waals surface area contributed by atoms with E-state index < -0.39 is 0 Å². The summed E-state index contributed by atoms with van der Waals surface area (Å²) in [7, 11) is 0. The molecule has 0 spiro atoms. The molecular formula is C15H19BrN2O. The van der Waals surface area contributed by atoms with Gasteiger partial charge in [0.05, 0.1) is 0 Å². The zero-order valence-corrected chi connectivity index (χ0v) is 12.4. The molecule has 0 bridgehead atoms. The van der Waals surface area contributed by atoms with Gasteiger partial charge >= 0.3 is 0 Å². The summed E-state index contributed by atoms with van der Waals surface area (Å²) in [5, 5.41) is 3.08. The Kier molecular flexibility index (Phi) is 3.52. The highest BCUT2D eigenvalue weighted by Crippen LogP contribution is 2.48. The van der Waals surface area contributed by atoms with Crippen LogP contribution in [0.3, 0.4) is 0 Å². The number of hydrogen-bond acceptors (Lipinski definition) is 2. The summed E-state index contributed by atoms with van der Waals surface area (Å²) in [5.74, 6) is 2.42. The van der Waals surface area contributed by atoms with Crippen LogP contribution in [-0.2, 0) is 0 Å². The fraction of sp³-hybridized carbons (Fsp3) is 0.533. The van der Waals surface area contributed by atoms with E-state index >= 15 is 0 Å². The van der Waals surface area contributed by atoms with Gasteiger partial charge in [0.15, 0.2) is 0 Å². The predicted octanol–water partition coefficient (Wildman–Crippen LogP) is 3.20. The first-order valence-electron chi connectivity index (χ1n) is 6.98. The summed E-state index contributed by atoms with van der Waals surface area (Å²) in [6.07, 6.45) is 5.40. The Morgan fingerprint density at radius 3 is 2.47 bits per heavy atom. The number of amides is 1. The standard InChI is InChI=1S/C15H19BrN2O/c16-13-6-5-11(7-14(13)17)15(19)18-8-12(9-1-2-9)10-3-4-10/h5-7,9-10,12H,1-4,8,17H2,(H,18,19). The van der Waals surface area contributed by atoms with Crippen molar-refractivity contribution >= 4 is 27.5 Å². The topological polar surface area (TPSA) is 55.1 Å². The van der Waals surface area contributed by atoms with E-state index in [1.54, 1.807) is 12.1 Å². The van der Waals surface area contributed by atoms with E-state index in [1.807, 2.05) is 6.07 Å². The van der Waals surface area contributed by atoms with Gasteiger partial charge in [-0.05, 0) is 77.6 Å². The molecule has 1 amide bonds. The average Bonchev–Trinajstić information content (AvgIpc) is 3.26. The maximum absolute atomic E-state index is 12.1. The Bertz CT molecular complexity index is 483. The first-order chi connectivity index (χ1) is 9.15. The van der Waals surface area contributed by atoms with Crippen molar-refractivity contribution in [1.29, 1.82) is 0 Å². The summed E-state index contributed by atoms with van der Waals surface area (Å²) < 4.78 is 0.831. The van der Waals surface area contributed by atoms with E-state index in [2.05, 4.69) is 21.2 Å². The van der Waals surface area contributed by atoms with Crippen molar-refractivity contribution in [2.75, 3.05) is 12.3 Å². The molecule has 2 fully saturated rings. The highest BCUT2D eigenvalue weighted by Gasteiger charge is 2.41. The number of carbonyl (C=O) groups is 1. The lowest BCUT2D eigenvalue weighted by Gasteiger charge is -2.16. The molecule has 2 aliphatic carbocycles. The van der Waals surface area contributed by atoms with Crippen molar-refractivity contribution < 1.29 is 4.79 Å². The number of nitrogen functional groups attached to an aromatic ring is 1. The van der Waals surface area contributed by atoms with Gasteiger partial charge in [0, 0.05) is 22.3 Å². The van der Waals surface area contributed by atoms with Crippen LogP contribution in [-0.4, -0.2) is 12.5 Å². The van der Waals surface area contributed by atoms with Gasteiger partial charge < -0.3 is 11.1 Å². The average molecular weight is 323 g/mol. The molecule has 0 radical (unpaired) electrons. The molecule has 1 aromatic rings. The summed E-state index contributed by atoms with van der Waals surface area (Å²) in [5.41, 5.74) is 7.05. The Labute approximate surface area is 122 Å². The van der Waals surface area contributed by atoms with E-state index in [4.69, 9.17) is 5.73 Å². The maximum atomic E-state index is 12.1. The number of halogens is 1. The third-order valence-corrected chi connectivity index (χ3v) is 4.93. The molecule has 0 aromatic heterocycles. The van der Waals surface area contributed by atoms with Gasteiger partial charge in [0.1, 0.15) is 0 Å². The Balaban J connectivity index is 1.59. The van der Waals surface area contributed by atoms with E-state index in [1.165, 1.54) is 25.7 Å². The van der Waals surface area contributed by atoms with Crippen molar-refractivity contribution in [3.05, 3.63) is 28.2 Å². The first kappa shape index (κ1) is 13.0.